The highest BCUT2D eigenvalue weighted by molar-refractivity contribution is 7.38. The minimum Gasteiger partial charge on any atom is -0.143 e. The molecule has 1 rings (SSSR count). The summed E-state index contributed by atoms with van der Waals surface area (Å²) in [5, 5.41) is 0. The maximum atomic E-state index is 10.8. The smallest absolute Gasteiger partial charge is 0.143 e. The first kappa shape index (κ1) is 9.15. The van der Waals surface area contributed by atoms with Crippen molar-refractivity contribution in [3.8, 4) is 0 Å². The van der Waals surface area contributed by atoms with Gasteiger partial charge in [0.1, 0.15) is 6.10 Å². The van der Waals surface area contributed by atoms with E-state index >= 15 is 0 Å². The fourth-order valence-electron chi connectivity index (χ4n) is 1.56. The van der Waals surface area contributed by atoms with Crippen molar-refractivity contribution in [1.82, 2.24) is 0 Å². The van der Waals surface area contributed by atoms with Gasteiger partial charge in [-0.15, -0.1) is 4.52 Å². The molecule has 1 aliphatic carbocycles. The Kier molecular flexibility index (Phi) is 4.03. The normalized spacial score (nSPS) is 22.8. The molecule has 11 heavy (non-hydrogen) atoms. The highest BCUT2D eigenvalue weighted by atomic mass is 31.1. The lowest BCUT2D eigenvalue weighted by Gasteiger charge is -2.04. The van der Waals surface area contributed by atoms with Crippen LogP contribution in [0.25, 0.3) is 0 Å². The predicted molar refractivity (Wildman–Crippen MR) is 46.1 cm³/mol. The molecular formula is C8H16O2P+. The van der Waals surface area contributed by atoms with Gasteiger partial charge in [0.2, 0.25) is 0 Å². The molecule has 0 radical (unpaired) electrons. The lowest BCUT2D eigenvalue weighted by molar-refractivity contribution is 0.198. The van der Waals surface area contributed by atoms with E-state index in [1.807, 2.05) is 0 Å². The fraction of sp³-hybridized carbons (Fsp3) is 1.00. The van der Waals surface area contributed by atoms with E-state index in [9.17, 15) is 4.57 Å². The molecule has 2 nitrogen and oxygen atoms in total. The van der Waals surface area contributed by atoms with Crippen LogP contribution in [0.2, 0.25) is 0 Å². The van der Waals surface area contributed by atoms with Gasteiger partial charge in [-0.05, 0) is 17.4 Å². The first-order valence-corrected chi connectivity index (χ1v) is 5.99. The van der Waals surface area contributed by atoms with Crippen molar-refractivity contribution < 1.29 is 9.09 Å². The first-order chi connectivity index (χ1) is 5.29. The van der Waals surface area contributed by atoms with Crippen LogP contribution in [-0.4, -0.2) is 12.8 Å². The zero-order valence-electron chi connectivity index (χ0n) is 7.08. The third-order valence-corrected chi connectivity index (χ3v) is 2.69. The van der Waals surface area contributed by atoms with Crippen LogP contribution in [0.15, 0.2) is 0 Å². The van der Waals surface area contributed by atoms with Crippen molar-refractivity contribution >= 4 is 8.03 Å². The van der Waals surface area contributed by atoms with Crippen molar-refractivity contribution in [2.75, 3.05) is 6.66 Å². The molecule has 0 saturated heterocycles. The molecule has 0 aromatic carbocycles. The summed E-state index contributed by atoms with van der Waals surface area (Å²) >= 11 is 0. The van der Waals surface area contributed by atoms with Crippen LogP contribution in [0, 0.1) is 0 Å². The molecule has 1 atom stereocenters. The van der Waals surface area contributed by atoms with Gasteiger partial charge in [-0.25, -0.2) is 0 Å². The van der Waals surface area contributed by atoms with Gasteiger partial charge in [0, 0.05) is 0 Å². The Bertz CT molecular complexity index is 128. The summed E-state index contributed by atoms with van der Waals surface area (Å²) < 4.78 is 16.0. The average molecular weight is 175 g/mol. The van der Waals surface area contributed by atoms with Crippen LogP contribution in [0.4, 0.5) is 0 Å². The van der Waals surface area contributed by atoms with Gasteiger partial charge in [0.05, 0.1) is 0 Å². The molecule has 1 aliphatic rings. The van der Waals surface area contributed by atoms with E-state index in [0.717, 1.165) is 12.8 Å². The molecule has 0 heterocycles. The zero-order valence-corrected chi connectivity index (χ0v) is 7.98. The number of rotatable bonds is 2. The van der Waals surface area contributed by atoms with Gasteiger partial charge in [0.15, 0.2) is 6.66 Å². The van der Waals surface area contributed by atoms with Gasteiger partial charge in [0.25, 0.3) is 0 Å². The summed E-state index contributed by atoms with van der Waals surface area (Å²) in [6.45, 7) is 1.64. The first-order valence-electron chi connectivity index (χ1n) is 4.36. The molecule has 1 unspecified atom stereocenters. The molecular weight excluding hydrogens is 159 g/mol. The molecule has 0 aliphatic heterocycles. The quantitative estimate of drug-likeness (QED) is 0.476. The largest absolute Gasteiger partial charge is 0.505 e. The highest BCUT2D eigenvalue weighted by Crippen LogP contribution is 2.27. The van der Waals surface area contributed by atoms with Crippen LogP contribution in [0.3, 0.4) is 0 Å². The van der Waals surface area contributed by atoms with Gasteiger partial charge in [-0.2, -0.15) is 0 Å². The molecule has 0 N–H and O–H groups in total. The second-order valence-corrected chi connectivity index (χ2v) is 4.25. The topological polar surface area (TPSA) is 26.3 Å². The zero-order chi connectivity index (χ0) is 8.10. The summed E-state index contributed by atoms with van der Waals surface area (Å²) in [6, 6.07) is 0. The van der Waals surface area contributed by atoms with E-state index < -0.39 is 8.03 Å². The molecule has 0 bridgehead atoms. The fourth-order valence-corrected chi connectivity index (χ4v) is 2.19. The Hall–Kier alpha value is 0.0600. The van der Waals surface area contributed by atoms with Crippen molar-refractivity contribution in [1.29, 1.82) is 0 Å². The molecule has 0 aromatic rings. The summed E-state index contributed by atoms with van der Waals surface area (Å²) in [7, 11) is -1.39. The van der Waals surface area contributed by atoms with E-state index in [0.29, 0.717) is 0 Å². The van der Waals surface area contributed by atoms with Gasteiger partial charge in [-0.3, -0.25) is 0 Å². The van der Waals surface area contributed by atoms with E-state index in [2.05, 4.69) is 0 Å². The second-order valence-electron chi connectivity index (χ2n) is 3.16. The Morgan fingerprint density at radius 1 is 1.18 bits per heavy atom. The van der Waals surface area contributed by atoms with Crippen LogP contribution in [-0.2, 0) is 9.09 Å². The van der Waals surface area contributed by atoms with Crippen LogP contribution in [0.5, 0.6) is 0 Å². The van der Waals surface area contributed by atoms with E-state index in [1.165, 1.54) is 25.7 Å². The Morgan fingerprint density at radius 3 is 2.18 bits per heavy atom. The van der Waals surface area contributed by atoms with Crippen LogP contribution in [0.1, 0.15) is 38.5 Å². The van der Waals surface area contributed by atoms with Crippen LogP contribution < -0.4 is 0 Å². The monoisotopic (exact) mass is 175 g/mol. The van der Waals surface area contributed by atoms with Crippen molar-refractivity contribution in [2.45, 2.75) is 44.6 Å². The summed E-state index contributed by atoms with van der Waals surface area (Å²) in [6.07, 6.45) is 7.62. The second kappa shape index (κ2) is 4.84. The molecule has 64 valence electrons. The maximum absolute atomic E-state index is 10.8. The summed E-state index contributed by atoms with van der Waals surface area (Å²) in [5.74, 6) is 0. The summed E-state index contributed by atoms with van der Waals surface area (Å²) in [4.78, 5) is 0. The van der Waals surface area contributed by atoms with Gasteiger partial charge >= 0.3 is 8.03 Å². The third-order valence-electron chi connectivity index (χ3n) is 2.10. The molecule has 0 spiro atoms. The minimum atomic E-state index is -1.39. The third kappa shape index (κ3) is 3.83. The van der Waals surface area contributed by atoms with Crippen molar-refractivity contribution in [3.63, 3.8) is 0 Å². The lowest BCUT2D eigenvalue weighted by Crippen LogP contribution is -2.06. The number of hydrogen-bond acceptors (Lipinski definition) is 2. The molecule has 1 fully saturated rings. The maximum Gasteiger partial charge on any atom is 0.505 e. The van der Waals surface area contributed by atoms with E-state index in [-0.39, 0.29) is 6.10 Å². The SMILES string of the molecule is C[P+](=O)OC1CCCCCC1. The van der Waals surface area contributed by atoms with Crippen LogP contribution >= 0.6 is 8.03 Å². The predicted octanol–water partition coefficient (Wildman–Crippen LogP) is 3.10. The minimum absolute atomic E-state index is 0.283. The Labute approximate surface area is 69.2 Å². The van der Waals surface area contributed by atoms with Gasteiger partial charge < -0.3 is 0 Å². The summed E-state index contributed by atoms with van der Waals surface area (Å²) in [5.41, 5.74) is 0. The highest BCUT2D eigenvalue weighted by Gasteiger charge is 2.20. The Morgan fingerprint density at radius 2 is 1.73 bits per heavy atom. The van der Waals surface area contributed by atoms with Crippen molar-refractivity contribution in [2.24, 2.45) is 0 Å². The Balaban J connectivity index is 2.25. The standard InChI is InChI=1S/C8H16O2P/c1-11(9)10-8-6-4-2-3-5-7-8/h8H,2-7H2,1H3/q+1. The van der Waals surface area contributed by atoms with Crippen molar-refractivity contribution in [3.05, 3.63) is 0 Å². The lowest BCUT2D eigenvalue weighted by atomic mass is 10.2. The molecule has 0 aromatic heterocycles. The number of hydrogen-bond donors (Lipinski definition) is 0. The van der Waals surface area contributed by atoms with Gasteiger partial charge in [-0.1, -0.05) is 25.7 Å². The molecule has 3 heteroatoms. The molecule has 1 saturated carbocycles. The van der Waals surface area contributed by atoms with E-state index in [1.54, 1.807) is 6.66 Å². The van der Waals surface area contributed by atoms with E-state index in [4.69, 9.17) is 4.52 Å². The average Bonchev–Trinajstić information content (AvgIpc) is 2.14. The molecule has 0 amide bonds.